The number of sulfonamides is 1. The standard InChI is InChI=1S/C14H22N2O3S/c1-11-9-16(10-12(2)19-11)20(17,18)14-6-4-5-13(7-14)8-15-3/h4-7,11-12,15H,8-10H2,1-3H3. The number of hydrogen-bond donors (Lipinski definition) is 1. The van der Waals surface area contributed by atoms with Gasteiger partial charge in [-0.15, -0.1) is 0 Å². The van der Waals surface area contributed by atoms with Crippen LogP contribution in [0.5, 0.6) is 0 Å². The van der Waals surface area contributed by atoms with E-state index in [9.17, 15) is 8.42 Å². The van der Waals surface area contributed by atoms with Gasteiger partial charge < -0.3 is 10.1 Å². The van der Waals surface area contributed by atoms with Gasteiger partial charge in [0.25, 0.3) is 0 Å². The third kappa shape index (κ3) is 3.38. The number of hydrogen-bond acceptors (Lipinski definition) is 4. The van der Waals surface area contributed by atoms with Crippen molar-refractivity contribution in [2.75, 3.05) is 20.1 Å². The largest absolute Gasteiger partial charge is 0.373 e. The summed E-state index contributed by atoms with van der Waals surface area (Å²) < 4.78 is 32.5. The lowest BCUT2D eigenvalue weighted by Gasteiger charge is -2.34. The molecule has 1 N–H and O–H groups in total. The van der Waals surface area contributed by atoms with E-state index < -0.39 is 10.0 Å². The van der Waals surface area contributed by atoms with Crippen LogP contribution < -0.4 is 5.32 Å². The summed E-state index contributed by atoms with van der Waals surface area (Å²) in [5.74, 6) is 0. The van der Waals surface area contributed by atoms with Crippen LogP contribution in [0, 0.1) is 0 Å². The molecule has 1 aromatic rings. The van der Waals surface area contributed by atoms with Crippen molar-refractivity contribution in [3.63, 3.8) is 0 Å². The monoisotopic (exact) mass is 298 g/mol. The summed E-state index contributed by atoms with van der Waals surface area (Å²) >= 11 is 0. The van der Waals surface area contributed by atoms with Crippen LogP contribution in [0.15, 0.2) is 29.2 Å². The van der Waals surface area contributed by atoms with E-state index in [-0.39, 0.29) is 12.2 Å². The van der Waals surface area contributed by atoms with Crippen LogP contribution in [0.2, 0.25) is 0 Å². The van der Waals surface area contributed by atoms with Crippen LogP contribution in [-0.2, 0) is 21.3 Å². The number of nitrogens with zero attached hydrogens (tertiary/aromatic N) is 1. The third-order valence-corrected chi connectivity index (χ3v) is 5.13. The zero-order valence-corrected chi connectivity index (χ0v) is 13.0. The molecule has 5 nitrogen and oxygen atoms in total. The quantitative estimate of drug-likeness (QED) is 0.907. The second kappa shape index (κ2) is 6.22. The average Bonchev–Trinajstić information content (AvgIpc) is 2.38. The van der Waals surface area contributed by atoms with Gasteiger partial charge in [0.15, 0.2) is 0 Å². The minimum absolute atomic E-state index is 0.0750. The second-order valence-electron chi connectivity index (χ2n) is 5.26. The number of ether oxygens (including phenoxy) is 1. The molecule has 0 radical (unpaired) electrons. The lowest BCUT2D eigenvalue weighted by molar-refractivity contribution is -0.0440. The molecule has 1 aliphatic rings. The summed E-state index contributed by atoms with van der Waals surface area (Å²) in [6, 6.07) is 7.09. The van der Waals surface area contributed by atoms with Crippen molar-refractivity contribution in [1.82, 2.24) is 9.62 Å². The highest BCUT2D eigenvalue weighted by Gasteiger charge is 2.32. The lowest BCUT2D eigenvalue weighted by Crippen LogP contribution is -2.48. The molecular weight excluding hydrogens is 276 g/mol. The normalized spacial score (nSPS) is 24.8. The summed E-state index contributed by atoms with van der Waals surface area (Å²) in [4.78, 5) is 0.353. The zero-order valence-electron chi connectivity index (χ0n) is 12.2. The predicted octanol–water partition coefficient (Wildman–Crippen LogP) is 1.20. The van der Waals surface area contributed by atoms with Gasteiger partial charge in [-0.3, -0.25) is 0 Å². The van der Waals surface area contributed by atoms with Gasteiger partial charge in [-0.2, -0.15) is 4.31 Å². The highest BCUT2D eigenvalue weighted by Crippen LogP contribution is 2.21. The van der Waals surface area contributed by atoms with E-state index in [0.29, 0.717) is 24.5 Å². The Morgan fingerprint density at radius 1 is 1.30 bits per heavy atom. The van der Waals surface area contributed by atoms with Crippen molar-refractivity contribution in [3.8, 4) is 0 Å². The molecule has 1 aliphatic heterocycles. The van der Waals surface area contributed by atoms with Gasteiger partial charge in [0.2, 0.25) is 10.0 Å². The Morgan fingerprint density at radius 2 is 1.95 bits per heavy atom. The minimum atomic E-state index is -3.44. The Kier molecular flexibility index (Phi) is 4.80. The van der Waals surface area contributed by atoms with E-state index in [1.54, 1.807) is 18.2 Å². The molecule has 2 rings (SSSR count). The van der Waals surface area contributed by atoms with Crippen LogP contribution in [0.1, 0.15) is 19.4 Å². The molecular formula is C14H22N2O3S. The smallest absolute Gasteiger partial charge is 0.243 e. The molecule has 0 bridgehead atoms. The maximum absolute atomic E-state index is 12.7. The molecule has 1 fully saturated rings. The van der Waals surface area contributed by atoms with Crippen LogP contribution in [0.3, 0.4) is 0 Å². The van der Waals surface area contributed by atoms with Gasteiger partial charge >= 0.3 is 0 Å². The maximum atomic E-state index is 12.7. The third-order valence-electron chi connectivity index (χ3n) is 3.30. The molecule has 112 valence electrons. The van der Waals surface area contributed by atoms with Crippen molar-refractivity contribution < 1.29 is 13.2 Å². The molecule has 0 spiro atoms. The fourth-order valence-electron chi connectivity index (χ4n) is 2.50. The van der Waals surface area contributed by atoms with E-state index in [2.05, 4.69) is 5.32 Å². The first-order chi connectivity index (χ1) is 9.43. The van der Waals surface area contributed by atoms with E-state index in [4.69, 9.17) is 4.74 Å². The minimum Gasteiger partial charge on any atom is -0.373 e. The summed E-state index contributed by atoms with van der Waals surface area (Å²) in [5.41, 5.74) is 0.961. The first-order valence-corrected chi connectivity index (χ1v) is 8.26. The number of rotatable bonds is 4. The zero-order chi connectivity index (χ0) is 14.8. The lowest BCUT2D eigenvalue weighted by atomic mass is 10.2. The maximum Gasteiger partial charge on any atom is 0.243 e. The summed E-state index contributed by atoms with van der Waals surface area (Å²) in [6.45, 7) is 5.26. The van der Waals surface area contributed by atoms with Crippen molar-refractivity contribution in [2.24, 2.45) is 0 Å². The SMILES string of the molecule is CNCc1cccc(S(=O)(=O)N2CC(C)OC(C)C2)c1. The molecule has 2 atom stereocenters. The van der Waals surface area contributed by atoms with Crippen molar-refractivity contribution in [3.05, 3.63) is 29.8 Å². The Hall–Kier alpha value is -0.950. The van der Waals surface area contributed by atoms with Gasteiger partial charge in [0.05, 0.1) is 17.1 Å². The number of morpholine rings is 1. The number of benzene rings is 1. The van der Waals surface area contributed by atoms with E-state index in [1.807, 2.05) is 27.0 Å². The Labute approximate surface area is 121 Å². The summed E-state index contributed by atoms with van der Waals surface area (Å²) in [7, 11) is -1.60. The van der Waals surface area contributed by atoms with Crippen molar-refractivity contribution >= 4 is 10.0 Å². The second-order valence-corrected chi connectivity index (χ2v) is 7.20. The average molecular weight is 298 g/mol. The van der Waals surface area contributed by atoms with Gasteiger partial charge in [-0.25, -0.2) is 8.42 Å². The van der Waals surface area contributed by atoms with E-state index in [1.165, 1.54) is 4.31 Å². The molecule has 1 heterocycles. The first-order valence-electron chi connectivity index (χ1n) is 6.82. The highest BCUT2D eigenvalue weighted by atomic mass is 32.2. The molecule has 0 amide bonds. The van der Waals surface area contributed by atoms with Crippen molar-refractivity contribution in [1.29, 1.82) is 0 Å². The Morgan fingerprint density at radius 3 is 2.55 bits per heavy atom. The molecule has 1 saturated heterocycles. The van der Waals surface area contributed by atoms with Crippen LogP contribution in [0.4, 0.5) is 0 Å². The molecule has 20 heavy (non-hydrogen) atoms. The Balaban J connectivity index is 2.27. The van der Waals surface area contributed by atoms with Gasteiger partial charge in [-0.1, -0.05) is 12.1 Å². The number of nitrogens with one attached hydrogen (secondary N) is 1. The topological polar surface area (TPSA) is 58.6 Å². The Bertz CT molecular complexity index is 549. The van der Waals surface area contributed by atoms with Crippen LogP contribution in [0.25, 0.3) is 0 Å². The van der Waals surface area contributed by atoms with Crippen molar-refractivity contribution in [2.45, 2.75) is 37.5 Å². The first kappa shape index (κ1) is 15.4. The van der Waals surface area contributed by atoms with Crippen LogP contribution >= 0.6 is 0 Å². The molecule has 0 aromatic heterocycles. The fourth-order valence-corrected chi connectivity index (χ4v) is 4.16. The molecule has 0 saturated carbocycles. The molecule has 2 unspecified atom stereocenters. The van der Waals surface area contributed by atoms with Crippen LogP contribution in [-0.4, -0.2) is 45.1 Å². The van der Waals surface area contributed by atoms with Gasteiger partial charge in [-0.05, 0) is 38.6 Å². The molecule has 6 heteroatoms. The van der Waals surface area contributed by atoms with E-state index >= 15 is 0 Å². The van der Waals surface area contributed by atoms with Gasteiger partial charge in [0.1, 0.15) is 0 Å². The highest BCUT2D eigenvalue weighted by molar-refractivity contribution is 7.89. The van der Waals surface area contributed by atoms with Gasteiger partial charge in [0, 0.05) is 19.6 Å². The fraction of sp³-hybridized carbons (Fsp3) is 0.571. The van der Waals surface area contributed by atoms with E-state index in [0.717, 1.165) is 5.56 Å². The summed E-state index contributed by atoms with van der Waals surface area (Å²) in [6.07, 6.45) is -0.150. The predicted molar refractivity (Wildman–Crippen MR) is 78.0 cm³/mol. The molecule has 0 aliphatic carbocycles. The summed E-state index contributed by atoms with van der Waals surface area (Å²) in [5, 5.41) is 3.03. The molecule has 1 aromatic carbocycles.